The molecule has 0 aliphatic rings. The Hall–Kier alpha value is -1.10. The molecule has 5 heteroatoms. The van der Waals surface area contributed by atoms with E-state index in [1.54, 1.807) is 0 Å². The van der Waals surface area contributed by atoms with Crippen molar-refractivity contribution in [1.82, 2.24) is 0 Å². The first-order chi connectivity index (χ1) is 6.56. The molecule has 82 valence electrons. The van der Waals surface area contributed by atoms with Crippen LogP contribution >= 0.6 is 0 Å². The van der Waals surface area contributed by atoms with Gasteiger partial charge in [-0.2, -0.15) is 0 Å². The molecule has 0 aromatic rings. The largest absolute Gasteiger partial charge is 0.462 e. The average molecular weight is 204 g/mol. The lowest BCUT2D eigenvalue weighted by Gasteiger charge is -2.15. The first-order valence-electron chi connectivity index (χ1n) is 4.47. The van der Waals surface area contributed by atoms with Gasteiger partial charge in [-0.15, -0.1) is 0 Å². The van der Waals surface area contributed by atoms with E-state index >= 15 is 0 Å². The Labute approximate surface area is 83.0 Å². The highest BCUT2D eigenvalue weighted by Gasteiger charge is 2.13. The number of rotatable bonds is 6. The number of hydrogen-bond acceptors (Lipinski definition) is 5. The van der Waals surface area contributed by atoms with Crippen LogP contribution in [0.3, 0.4) is 0 Å². The van der Waals surface area contributed by atoms with E-state index in [4.69, 9.17) is 14.6 Å². The summed E-state index contributed by atoms with van der Waals surface area (Å²) in [6, 6.07) is 0. The Morgan fingerprint density at radius 3 is 2.36 bits per heavy atom. The normalized spacial score (nSPS) is 11.9. The maximum atomic E-state index is 10.6. The van der Waals surface area contributed by atoms with E-state index in [-0.39, 0.29) is 13.2 Å². The predicted molar refractivity (Wildman–Crippen MR) is 48.5 cm³/mol. The van der Waals surface area contributed by atoms with Crippen LogP contribution < -0.4 is 0 Å². The second-order valence-electron chi connectivity index (χ2n) is 2.90. The molecule has 5 nitrogen and oxygen atoms in total. The molecular weight excluding hydrogens is 188 g/mol. The summed E-state index contributed by atoms with van der Waals surface area (Å²) in [6.07, 6.45) is 0.548. The minimum atomic E-state index is -0.455. The second kappa shape index (κ2) is 7.32. The van der Waals surface area contributed by atoms with Crippen LogP contribution in [0.15, 0.2) is 0 Å². The molecule has 0 amide bonds. The molecule has 0 saturated heterocycles. The summed E-state index contributed by atoms with van der Waals surface area (Å²) in [7, 11) is 0. The van der Waals surface area contributed by atoms with Gasteiger partial charge in [0.15, 0.2) is 0 Å². The zero-order valence-electron chi connectivity index (χ0n) is 8.49. The van der Waals surface area contributed by atoms with Gasteiger partial charge in [-0.1, -0.05) is 0 Å². The Bertz CT molecular complexity index is 190. The van der Waals surface area contributed by atoms with Crippen molar-refractivity contribution in [3.63, 3.8) is 0 Å². The lowest BCUT2D eigenvalue weighted by Crippen LogP contribution is -2.23. The van der Waals surface area contributed by atoms with Crippen LogP contribution in [-0.4, -0.2) is 36.4 Å². The Morgan fingerprint density at radius 2 is 1.93 bits per heavy atom. The third-order valence-corrected chi connectivity index (χ3v) is 1.49. The topological polar surface area (TPSA) is 72.8 Å². The lowest BCUT2D eigenvalue weighted by atomic mass is 10.2. The number of aliphatic hydroxyl groups excluding tert-OH is 1. The Kier molecular flexibility index (Phi) is 6.74. The summed E-state index contributed by atoms with van der Waals surface area (Å²) in [5.41, 5.74) is 0. The summed E-state index contributed by atoms with van der Waals surface area (Å²) in [5, 5.41) is 8.58. The number of carbonyl (C=O) groups excluding carboxylic acids is 2. The zero-order chi connectivity index (χ0) is 11.0. The van der Waals surface area contributed by atoms with E-state index < -0.39 is 18.0 Å². The predicted octanol–water partition coefficient (Wildman–Crippen LogP) is 0.254. The maximum Gasteiger partial charge on any atom is 0.303 e. The highest BCUT2D eigenvalue weighted by molar-refractivity contribution is 5.67. The van der Waals surface area contributed by atoms with Gasteiger partial charge < -0.3 is 14.6 Å². The lowest BCUT2D eigenvalue weighted by molar-refractivity contribution is -0.156. The van der Waals surface area contributed by atoms with Crippen LogP contribution in [-0.2, 0) is 19.1 Å². The van der Waals surface area contributed by atoms with Gasteiger partial charge in [0, 0.05) is 20.5 Å². The fraction of sp³-hybridized carbons (Fsp3) is 0.778. The van der Waals surface area contributed by atoms with Crippen molar-refractivity contribution < 1.29 is 24.2 Å². The van der Waals surface area contributed by atoms with Crippen molar-refractivity contribution in [2.75, 3.05) is 13.2 Å². The molecule has 0 saturated carbocycles. The van der Waals surface area contributed by atoms with Crippen LogP contribution in [0, 0.1) is 0 Å². The van der Waals surface area contributed by atoms with Crippen LogP contribution in [0.1, 0.15) is 26.7 Å². The van der Waals surface area contributed by atoms with E-state index in [1.165, 1.54) is 13.8 Å². The van der Waals surface area contributed by atoms with Crippen LogP contribution in [0.25, 0.3) is 0 Å². The molecule has 0 bridgehead atoms. The summed E-state index contributed by atoms with van der Waals surface area (Å²) in [6.45, 7) is 2.66. The molecule has 1 atom stereocenters. The van der Waals surface area contributed by atoms with Gasteiger partial charge in [-0.3, -0.25) is 9.59 Å². The molecule has 0 aliphatic carbocycles. The van der Waals surface area contributed by atoms with Gasteiger partial charge in [0.1, 0.15) is 12.7 Å². The van der Waals surface area contributed by atoms with E-state index in [9.17, 15) is 9.59 Å². The molecule has 0 fully saturated rings. The van der Waals surface area contributed by atoms with Crippen molar-refractivity contribution in [3.05, 3.63) is 0 Å². The van der Waals surface area contributed by atoms with E-state index in [0.717, 1.165) is 0 Å². The summed E-state index contributed by atoms with van der Waals surface area (Å²) in [4.78, 5) is 21.1. The fourth-order valence-corrected chi connectivity index (χ4v) is 0.940. The molecule has 0 aromatic heterocycles. The van der Waals surface area contributed by atoms with Gasteiger partial charge in [0.2, 0.25) is 0 Å². The molecule has 1 N–H and O–H groups in total. The highest BCUT2D eigenvalue weighted by Crippen LogP contribution is 2.03. The third-order valence-electron chi connectivity index (χ3n) is 1.49. The van der Waals surface area contributed by atoms with Crippen molar-refractivity contribution in [2.45, 2.75) is 32.8 Å². The Balaban J connectivity index is 3.83. The molecule has 0 rings (SSSR count). The smallest absolute Gasteiger partial charge is 0.303 e. The first-order valence-corrected chi connectivity index (χ1v) is 4.47. The van der Waals surface area contributed by atoms with Gasteiger partial charge >= 0.3 is 11.9 Å². The third kappa shape index (κ3) is 7.54. The number of hydrogen-bond donors (Lipinski definition) is 1. The fourth-order valence-electron chi connectivity index (χ4n) is 0.940. The molecule has 0 radical (unpaired) electrons. The van der Waals surface area contributed by atoms with E-state index in [0.29, 0.717) is 12.8 Å². The van der Waals surface area contributed by atoms with E-state index in [2.05, 4.69) is 0 Å². The number of esters is 2. The summed E-state index contributed by atoms with van der Waals surface area (Å²) >= 11 is 0. The van der Waals surface area contributed by atoms with Crippen LogP contribution in [0.5, 0.6) is 0 Å². The van der Waals surface area contributed by atoms with Crippen molar-refractivity contribution in [3.8, 4) is 0 Å². The molecule has 14 heavy (non-hydrogen) atoms. The number of aliphatic hydroxyl groups is 1. The molecule has 0 heterocycles. The maximum absolute atomic E-state index is 10.6. The van der Waals surface area contributed by atoms with Gasteiger partial charge in [-0.05, 0) is 12.8 Å². The van der Waals surface area contributed by atoms with Crippen molar-refractivity contribution in [2.24, 2.45) is 0 Å². The van der Waals surface area contributed by atoms with Gasteiger partial charge in [-0.25, -0.2) is 0 Å². The second-order valence-corrected chi connectivity index (χ2v) is 2.90. The molecule has 0 aromatic carbocycles. The average Bonchev–Trinajstić information content (AvgIpc) is 2.09. The number of ether oxygens (including phenoxy) is 2. The summed E-state index contributed by atoms with van der Waals surface area (Å²) < 4.78 is 9.58. The Morgan fingerprint density at radius 1 is 1.29 bits per heavy atom. The van der Waals surface area contributed by atoms with Gasteiger partial charge in [0.25, 0.3) is 0 Å². The van der Waals surface area contributed by atoms with Crippen LogP contribution in [0.4, 0.5) is 0 Å². The minimum absolute atomic E-state index is 0.0256. The van der Waals surface area contributed by atoms with Crippen molar-refractivity contribution in [1.29, 1.82) is 0 Å². The number of carbonyl (C=O) groups is 2. The van der Waals surface area contributed by atoms with Gasteiger partial charge in [0.05, 0.1) is 0 Å². The van der Waals surface area contributed by atoms with Crippen LogP contribution in [0.2, 0.25) is 0 Å². The minimum Gasteiger partial charge on any atom is -0.462 e. The quantitative estimate of drug-likeness (QED) is 0.628. The zero-order valence-corrected chi connectivity index (χ0v) is 8.49. The SMILES string of the molecule is CC(=O)OCC(CCCO)OC(C)=O. The molecule has 0 spiro atoms. The molecule has 0 aliphatic heterocycles. The highest BCUT2D eigenvalue weighted by atomic mass is 16.6. The monoisotopic (exact) mass is 204 g/mol. The van der Waals surface area contributed by atoms with Crippen molar-refractivity contribution >= 4 is 11.9 Å². The van der Waals surface area contributed by atoms with E-state index in [1.807, 2.05) is 0 Å². The molecule has 1 unspecified atom stereocenters. The summed E-state index contributed by atoms with van der Waals surface area (Å²) in [5.74, 6) is -0.828. The molecular formula is C9H16O5. The standard InChI is InChI=1S/C9H16O5/c1-7(11)13-6-9(4-3-5-10)14-8(2)12/h9-10H,3-6H2,1-2H3. The first kappa shape index (κ1) is 12.9.